The Morgan fingerprint density at radius 2 is 1.47 bits per heavy atom. The Morgan fingerprint density at radius 3 is 1.59 bits per heavy atom. The van der Waals surface area contributed by atoms with Crippen molar-refractivity contribution >= 4 is 5.78 Å². The molecular formula is C15H17NO. The summed E-state index contributed by atoms with van der Waals surface area (Å²) < 4.78 is 0. The summed E-state index contributed by atoms with van der Waals surface area (Å²) in [5.41, 5.74) is 2.94. The van der Waals surface area contributed by atoms with E-state index in [9.17, 15) is 4.79 Å². The summed E-state index contributed by atoms with van der Waals surface area (Å²) in [6.45, 7) is 3.06. The third-order valence-corrected chi connectivity index (χ3v) is 2.00. The van der Waals surface area contributed by atoms with E-state index in [2.05, 4.69) is 29.3 Å². The van der Waals surface area contributed by atoms with Crippen molar-refractivity contribution in [3.05, 3.63) is 66.0 Å². The smallest absolute Gasteiger partial charge is 0.126 e. The standard InChI is InChI=1S/C7H6.C5H5N.C3H6O/c1-2-7-4-3-6(1)5-7;1-2-4-6-5-3-1;1-3(2)4/h1-4H,5H2;1-5H;1-2H3. The monoisotopic (exact) mass is 227 g/mol. The molecule has 0 saturated carbocycles. The molecule has 3 rings (SSSR count). The Morgan fingerprint density at radius 1 is 1.00 bits per heavy atom. The maximum Gasteiger partial charge on any atom is 0.126 e. The Bertz CT molecular complexity index is 391. The number of fused-ring (bicyclic) bond motifs is 2. The number of Topliss-reactive ketones (excluding diaryl/α,β-unsaturated/α-hetero) is 1. The highest BCUT2D eigenvalue weighted by molar-refractivity contribution is 5.72. The van der Waals surface area contributed by atoms with Crippen molar-refractivity contribution in [3.8, 4) is 0 Å². The maximum atomic E-state index is 9.44. The van der Waals surface area contributed by atoms with Crippen LogP contribution in [0.25, 0.3) is 0 Å². The van der Waals surface area contributed by atoms with Crippen molar-refractivity contribution in [1.29, 1.82) is 0 Å². The molecule has 2 aliphatic carbocycles. The second-order valence-corrected chi connectivity index (χ2v) is 3.93. The molecule has 0 atom stereocenters. The highest BCUT2D eigenvalue weighted by Gasteiger charge is 2.07. The predicted molar refractivity (Wildman–Crippen MR) is 70.5 cm³/mol. The lowest BCUT2D eigenvalue weighted by Gasteiger charge is -1.77. The van der Waals surface area contributed by atoms with Gasteiger partial charge in [0.15, 0.2) is 0 Å². The van der Waals surface area contributed by atoms with Gasteiger partial charge in [-0.05, 0) is 43.5 Å². The van der Waals surface area contributed by atoms with Gasteiger partial charge in [0.05, 0.1) is 0 Å². The summed E-state index contributed by atoms with van der Waals surface area (Å²) in [7, 11) is 0. The molecule has 0 spiro atoms. The first-order chi connectivity index (χ1) is 8.18. The van der Waals surface area contributed by atoms with Gasteiger partial charge < -0.3 is 4.79 Å². The molecule has 0 unspecified atom stereocenters. The van der Waals surface area contributed by atoms with E-state index in [0.717, 1.165) is 0 Å². The van der Waals surface area contributed by atoms with Crippen LogP contribution in [0, 0.1) is 0 Å². The zero-order valence-corrected chi connectivity index (χ0v) is 10.3. The van der Waals surface area contributed by atoms with Gasteiger partial charge in [-0.25, -0.2) is 0 Å². The number of rotatable bonds is 0. The van der Waals surface area contributed by atoms with Crippen LogP contribution in [0.3, 0.4) is 0 Å². The van der Waals surface area contributed by atoms with Gasteiger partial charge in [0.1, 0.15) is 5.78 Å². The number of carbonyl (C=O) groups excluding carboxylic acids is 1. The fraction of sp³-hybridized carbons (Fsp3) is 0.200. The lowest BCUT2D eigenvalue weighted by atomic mass is 10.3. The van der Waals surface area contributed by atoms with Crippen LogP contribution in [0.4, 0.5) is 0 Å². The third-order valence-electron chi connectivity index (χ3n) is 2.00. The highest BCUT2D eigenvalue weighted by atomic mass is 16.1. The summed E-state index contributed by atoms with van der Waals surface area (Å²) in [6.07, 6.45) is 13.4. The topological polar surface area (TPSA) is 30.0 Å². The van der Waals surface area contributed by atoms with Crippen molar-refractivity contribution in [1.82, 2.24) is 4.98 Å². The molecule has 2 aliphatic rings. The van der Waals surface area contributed by atoms with Gasteiger partial charge in [-0.2, -0.15) is 0 Å². The number of allylic oxidation sites excluding steroid dienone is 6. The Kier molecular flexibility index (Phi) is 5.66. The lowest BCUT2D eigenvalue weighted by molar-refractivity contribution is -0.114. The second-order valence-electron chi connectivity index (χ2n) is 3.93. The number of hydrogen-bond acceptors (Lipinski definition) is 2. The van der Waals surface area contributed by atoms with Crippen molar-refractivity contribution in [2.24, 2.45) is 0 Å². The zero-order valence-electron chi connectivity index (χ0n) is 10.3. The van der Waals surface area contributed by atoms with Gasteiger partial charge in [-0.15, -0.1) is 0 Å². The minimum atomic E-state index is 0.167. The van der Waals surface area contributed by atoms with Gasteiger partial charge in [-0.1, -0.05) is 30.4 Å². The van der Waals surface area contributed by atoms with E-state index in [0.29, 0.717) is 0 Å². The van der Waals surface area contributed by atoms with Crippen LogP contribution < -0.4 is 0 Å². The first-order valence-corrected chi connectivity index (χ1v) is 5.58. The summed E-state index contributed by atoms with van der Waals surface area (Å²) in [5.74, 6) is 0.167. The lowest BCUT2D eigenvalue weighted by Crippen LogP contribution is -1.69. The fourth-order valence-electron chi connectivity index (χ4n) is 1.32. The number of hydrogen-bond donors (Lipinski definition) is 0. The number of nitrogens with zero attached hydrogens (tertiary/aromatic N) is 1. The largest absolute Gasteiger partial charge is 0.300 e. The molecule has 0 saturated heterocycles. The molecule has 0 amide bonds. The maximum absolute atomic E-state index is 9.44. The molecule has 0 fully saturated rings. The fourth-order valence-corrected chi connectivity index (χ4v) is 1.32. The van der Waals surface area contributed by atoms with Gasteiger partial charge in [0, 0.05) is 12.4 Å². The van der Waals surface area contributed by atoms with E-state index < -0.39 is 0 Å². The molecule has 1 aromatic heterocycles. The molecule has 1 aromatic rings. The van der Waals surface area contributed by atoms with Crippen LogP contribution in [0.2, 0.25) is 0 Å². The van der Waals surface area contributed by atoms with Crippen LogP contribution in [-0.4, -0.2) is 10.8 Å². The van der Waals surface area contributed by atoms with Crippen molar-refractivity contribution < 1.29 is 4.79 Å². The van der Waals surface area contributed by atoms with Crippen LogP contribution in [0.15, 0.2) is 66.0 Å². The van der Waals surface area contributed by atoms with Crippen LogP contribution in [0.5, 0.6) is 0 Å². The average Bonchev–Trinajstić information content (AvgIpc) is 2.95. The molecule has 0 aliphatic heterocycles. The first kappa shape index (κ1) is 13.1. The van der Waals surface area contributed by atoms with Gasteiger partial charge in [-0.3, -0.25) is 4.98 Å². The summed E-state index contributed by atoms with van der Waals surface area (Å²) >= 11 is 0. The van der Waals surface area contributed by atoms with Crippen LogP contribution >= 0.6 is 0 Å². The quantitative estimate of drug-likeness (QED) is 0.679. The van der Waals surface area contributed by atoms with Crippen molar-refractivity contribution in [2.75, 3.05) is 0 Å². The van der Waals surface area contributed by atoms with E-state index in [1.54, 1.807) is 12.4 Å². The molecule has 88 valence electrons. The van der Waals surface area contributed by atoms with E-state index in [1.165, 1.54) is 31.4 Å². The molecular weight excluding hydrogens is 210 g/mol. The highest BCUT2D eigenvalue weighted by Crippen LogP contribution is 2.27. The number of pyridine rings is 1. The molecule has 2 heteroatoms. The Balaban J connectivity index is 0.000000134. The Labute approximate surface area is 102 Å². The third kappa shape index (κ3) is 6.25. The SMILES string of the molecule is C1=CC2=CC=C1C2.CC(C)=O.c1ccncc1. The average molecular weight is 227 g/mol. The molecule has 0 N–H and O–H groups in total. The minimum absolute atomic E-state index is 0.167. The predicted octanol–water partition coefficient (Wildman–Crippen LogP) is 3.49. The number of carbonyl (C=O) groups is 1. The van der Waals surface area contributed by atoms with Crippen molar-refractivity contribution in [2.45, 2.75) is 20.3 Å². The minimum Gasteiger partial charge on any atom is -0.300 e. The summed E-state index contributed by atoms with van der Waals surface area (Å²) in [4.78, 5) is 13.2. The van der Waals surface area contributed by atoms with Gasteiger partial charge >= 0.3 is 0 Å². The van der Waals surface area contributed by atoms with Gasteiger partial charge in [0.25, 0.3) is 0 Å². The molecule has 0 radical (unpaired) electrons. The molecule has 2 nitrogen and oxygen atoms in total. The van der Waals surface area contributed by atoms with E-state index in [4.69, 9.17) is 0 Å². The van der Waals surface area contributed by atoms with Crippen LogP contribution in [-0.2, 0) is 4.79 Å². The van der Waals surface area contributed by atoms with Crippen LogP contribution in [0.1, 0.15) is 20.3 Å². The summed E-state index contributed by atoms with van der Waals surface area (Å²) in [6, 6.07) is 5.72. The number of aromatic nitrogens is 1. The molecule has 17 heavy (non-hydrogen) atoms. The Hall–Kier alpha value is -1.96. The second kappa shape index (κ2) is 7.34. The van der Waals surface area contributed by atoms with Gasteiger partial charge in [0.2, 0.25) is 0 Å². The van der Waals surface area contributed by atoms with E-state index in [-0.39, 0.29) is 5.78 Å². The van der Waals surface area contributed by atoms with E-state index in [1.807, 2.05) is 18.2 Å². The van der Waals surface area contributed by atoms with Crippen molar-refractivity contribution in [3.63, 3.8) is 0 Å². The van der Waals surface area contributed by atoms with E-state index >= 15 is 0 Å². The normalized spacial score (nSPS) is 13.8. The first-order valence-electron chi connectivity index (χ1n) is 5.58. The zero-order chi connectivity index (χ0) is 12.5. The molecule has 1 heterocycles. The summed E-state index contributed by atoms with van der Waals surface area (Å²) in [5, 5.41) is 0. The number of ketones is 1. The molecule has 0 aromatic carbocycles. The molecule has 2 bridgehead atoms.